The Morgan fingerprint density at radius 1 is 1.39 bits per heavy atom. The first-order valence-corrected chi connectivity index (χ1v) is 8.28. The lowest BCUT2D eigenvalue weighted by Gasteiger charge is -2.17. The molecule has 1 aliphatic carbocycles. The topological polar surface area (TPSA) is 72.2 Å². The van der Waals surface area contributed by atoms with Gasteiger partial charge >= 0.3 is 0 Å². The molecule has 0 aliphatic heterocycles. The summed E-state index contributed by atoms with van der Waals surface area (Å²) in [4.78, 5) is 0.192. The molecule has 2 rings (SSSR count). The molecule has 0 saturated heterocycles. The van der Waals surface area contributed by atoms with Crippen LogP contribution in [0.3, 0.4) is 0 Å². The van der Waals surface area contributed by atoms with Crippen LogP contribution in [0.4, 0.5) is 0 Å². The molecule has 3 N–H and O–H groups in total. The van der Waals surface area contributed by atoms with Crippen LogP contribution in [-0.2, 0) is 10.0 Å². The SMILES string of the molecule is NC1CCCC1NS(=O)(=O)c1ccc(Cl)c(Br)c1. The summed E-state index contributed by atoms with van der Waals surface area (Å²) in [6.45, 7) is 0. The summed E-state index contributed by atoms with van der Waals surface area (Å²) < 4.78 is 27.5. The predicted molar refractivity (Wildman–Crippen MR) is 75.1 cm³/mol. The highest BCUT2D eigenvalue weighted by Gasteiger charge is 2.28. The second kappa shape index (κ2) is 5.46. The second-order valence-corrected chi connectivity index (χ2v) is 7.37. The van der Waals surface area contributed by atoms with Crippen molar-refractivity contribution in [3.63, 3.8) is 0 Å². The summed E-state index contributed by atoms with van der Waals surface area (Å²) in [6, 6.07) is 4.25. The Morgan fingerprint density at radius 3 is 2.67 bits per heavy atom. The van der Waals surface area contributed by atoms with Gasteiger partial charge in [-0.05, 0) is 47.0 Å². The van der Waals surface area contributed by atoms with E-state index in [1.807, 2.05) is 0 Å². The summed E-state index contributed by atoms with van der Waals surface area (Å²) in [6.07, 6.45) is 2.60. The van der Waals surface area contributed by atoms with E-state index in [0.29, 0.717) is 9.50 Å². The average molecular weight is 354 g/mol. The lowest BCUT2D eigenvalue weighted by atomic mass is 10.2. The number of sulfonamides is 1. The Hall–Kier alpha value is -0.140. The third-order valence-corrected chi connectivity index (χ3v) is 5.78. The monoisotopic (exact) mass is 352 g/mol. The maximum absolute atomic E-state index is 12.2. The molecule has 0 aromatic heterocycles. The van der Waals surface area contributed by atoms with E-state index in [-0.39, 0.29) is 17.0 Å². The van der Waals surface area contributed by atoms with Gasteiger partial charge in [0.2, 0.25) is 10.0 Å². The number of rotatable bonds is 3. The zero-order valence-corrected chi connectivity index (χ0v) is 12.7. The van der Waals surface area contributed by atoms with E-state index in [0.717, 1.165) is 19.3 Å². The van der Waals surface area contributed by atoms with Crippen LogP contribution < -0.4 is 10.5 Å². The minimum atomic E-state index is -3.53. The molecular weight excluding hydrogens is 340 g/mol. The number of halogens is 2. The van der Waals surface area contributed by atoms with Crippen molar-refractivity contribution in [1.29, 1.82) is 0 Å². The standard InChI is InChI=1S/C11H14BrClN2O2S/c12-8-6-7(4-5-9(8)13)18(16,17)15-11-3-1-2-10(11)14/h4-6,10-11,15H,1-3,14H2. The lowest BCUT2D eigenvalue weighted by Crippen LogP contribution is -2.43. The Bertz CT molecular complexity index is 550. The van der Waals surface area contributed by atoms with Crippen molar-refractivity contribution in [1.82, 2.24) is 4.72 Å². The minimum Gasteiger partial charge on any atom is -0.326 e. The number of nitrogens with two attached hydrogens (primary N) is 1. The molecule has 0 heterocycles. The first-order chi connectivity index (χ1) is 8.40. The molecule has 4 nitrogen and oxygen atoms in total. The van der Waals surface area contributed by atoms with Gasteiger partial charge in [-0.15, -0.1) is 0 Å². The predicted octanol–water partition coefficient (Wildman–Crippen LogP) is 2.26. The van der Waals surface area contributed by atoms with Gasteiger partial charge in [0.1, 0.15) is 0 Å². The van der Waals surface area contributed by atoms with Crippen LogP contribution in [-0.4, -0.2) is 20.5 Å². The molecule has 18 heavy (non-hydrogen) atoms. The zero-order valence-electron chi connectivity index (χ0n) is 9.57. The fraction of sp³-hybridized carbons (Fsp3) is 0.455. The van der Waals surface area contributed by atoms with Crippen LogP contribution >= 0.6 is 27.5 Å². The van der Waals surface area contributed by atoms with Crippen LogP contribution in [0.25, 0.3) is 0 Å². The minimum absolute atomic E-state index is 0.101. The van der Waals surface area contributed by atoms with Crippen molar-refractivity contribution >= 4 is 37.6 Å². The van der Waals surface area contributed by atoms with E-state index in [2.05, 4.69) is 20.7 Å². The highest BCUT2D eigenvalue weighted by atomic mass is 79.9. The Labute approximate surface area is 120 Å². The van der Waals surface area contributed by atoms with E-state index < -0.39 is 10.0 Å². The molecule has 1 saturated carbocycles. The molecule has 0 amide bonds. The Kier molecular flexibility index (Phi) is 4.33. The molecule has 1 aromatic carbocycles. The van der Waals surface area contributed by atoms with Crippen LogP contribution in [0.2, 0.25) is 5.02 Å². The van der Waals surface area contributed by atoms with Gasteiger partial charge < -0.3 is 5.73 Å². The maximum atomic E-state index is 12.2. The van der Waals surface area contributed by atoms with Gasteiger partial charge in [0.05, 0.1) is 9.92 Å². The lowest BCUT2D eigenvalue weighted by molar-refractivity contribution is 0.522. The van der Waals surface area contributed by atoms with Gasteiger partial charge in [-0.1, -0.05) is 18.0 Å². The quantitative estimate of drug-likeness (QED) is 0.875. The van der Waals surface area contributed by atoms with Gasteiger partial charge in [0.25, 0.3) is 0 Å². The van der Waals surface area contributed by atoms with Crippen LogP contribution in [0.5, 0.6) is 0 Å². The molecule has 2 unspecified atom stereocenters. The summed E-state index contributed by atoms with van der Waals surface area (Å²) in [5.74, 6) is 0. The molecule has 0 bridgehead atoms. The van der Waals surface area contributed by atoms with Crippen LogP contribution in [0, 0.1) is 0 Å². The molecule has 0 spiro atoms. The Morgan fingerprint density at radius 2 is 2.11 bits per heavy atom. The third-order valence-electron chi connectivity index (χ3n) is 3.08. The van der Waals surface area contributed by atoms with Gasteiger partial charge in [0.15, 0.2) is 0 Å². The smallest absolute Gasteiger partial charge is 0.240 e. The van der Waals surface area contributed by atoms with Crippen molar-refractivity contribution in [2.75, 3.05) is 0 Å². The van der Waals surface area contributed by atoms with E-state index >= 15 is 0 Å². The molecule has 2 atom stereocenters. The van der Waals surface area contributed by atoms with Gasteiger partial charge in [0, 0.05) is 16.6 Å². The second-order valence-electron chi connectivity index (χ2n) is 4.40. The van der Waals surface area contributed by atoms with Crippen molar-refractivity contribution in [2.24, 2.45) is 5.73 Å². The van der Waals surface area contributed by atoms with E-state index in [1.54, 1.807) is 6.07 Å². The van der Waals surface area contributed by atoms with E-state index in [4.69, 9.17) is 17.3 Å². The molecule has 1 aromatic rings. The molecule has 1 aliphatic rings. The fourth-order valence-electron chi connectivity index (χ4n) is 2.05. The molecule has 100 valence electrons. The highest BCUT2D eigenvalue weighted by Crippen LogP contribution is 2.26. The highest BCUT2D eigenvalue weighted by molar-refractivity contribution is 9.10. The van der Waals surface area contributed by atoms with E-state index in [1.165, 1.54) is 12.1 Å². The summed E-state index contributed by atoms with van der Waals surface area (Å²) in [7, 11) is -3.53. The van der Waals surface area contributed by atoms with Crippen LogP contribution in [0.1, 0.15) is 19.3 Å². The Balaban J connectivity index is 2.22. The number of hydrogen-bond donors (Lipinski definition) is 2. The van der Waals surface area contributed by atoms with Gasteiger partial charge in [-0.3, -0.25) is 0 Å². The van der Waals surface area contributed by atoms with Crippen molar-refractivity contribution in [2.45, 2.75) is 36.2 Å². The fourth-order valence-corrected chi connectivity index (χ4v) is 4.04. The van der Waals surface area contributed by atoms with Crippen molar-refractivity contribution < 1.29 is 8.42 Å². The molecule has 0 radical (unpaired) electrons. The van der Waals surface area contributed by atoms with Crippen molar-refractivity contribution in [3.8, 4) is 0 Å². The summed E-state index contributed by atoms with van der Waals surface area (Å²) >= 11 is 9.06. The van der Waals surface area contributed by atoms with E-state index in [9.17, 15) is 8.42 Å². The van der Waals surface area contributed by atoms with Crippen molar-refractivity contribution in [3.05, 3.63) is 27.7 Å². The van der Waals surface area contributed by atoms with Crippen LogP contribution in [0.15, 0.2) is 27.6 Å². The average Bonchev–Trinajstić information content (AvgIpc) is 2.67. The first-order valence-electron chi connectivity index (χ1n) is 5.63. The summed E-state index contributed by atoms with van der Waals surface area (Å²) in [5, 5.41) is 0.478. The van der Waals surface area contributed by atoms with Gasteiger partial charge in [-0.2, -0.15) is 0 Å². The largest absolute Gasteiger partial charge is 0.326 e. The number of hydrogen-bond acceptors (Lipinski definition) is 3. The molecule has 7 heteroatoms. The van der Waals surface area contributed by atoms with Gasteiger partial charge in [-0.25, -0.2) is 13.1 Å². The molecule has 1 fully saturated rings. The zero-order chi connectivity index (χ0) is 13.3. The number of nitrogens with one attached hydrogen (secondary N) is 1. The summed E-state index contributed by atoms with van der Waals surface area (Å²) in [5.41, 5.74) is 5.86. The maximum Gasteiger partial charge on any atom is 0.240 e. The first kappa shape index (κ1) is 14.3. The molecular formula is C11H14BrClN2O2S. The normalized spacial score (nSPS) is 24.4. The number of benzene rings is 1. The third kappa shape index (κ3) is 3.05.